The number of nitrogens with one attached hydrogen (secondary N) is 1. The topological polar surface area (TPSA) is 97.8 Å². The second-order valence-corrected chi connectivity index (χ2v) is 5.55. The van der Waals surface area contributed by atoms with Gasteiger partial charge in [-0.1, -0.05) is 29.8 Å². The maximum absolute atomic E-state index is 11.7. The van der Waals surface area contributed by atoms with E-state index in [1.807, 2.05) is 43.3 Å². The van der Waals surface area contributed by atoms with Crippen molar-refractivity contribution >= 4 is 16.9 Å². The minimum Gasteiger partial charge on any atom is -0.464 e. The van der Waals surface area contributed by atoms with E-state index in [4.69, 9.17) is 10.2 Å². The number of aryl methyl sites for hydroxylation is 1. The predicted octanol–water partition coefficient (Wildman–Crippen LogP) is 3.14. The van der Waals surface area contributed by atoms with E-state index in [1.165, 1.54) is 0 Å². The molecule has 0 unspecified atom stereocenters. The Morgan fingerprint density at radius 3 is 2.62 bits per heavy atom. The van der Waals surface area contributed by atoms with Crippen molar-refractivity contribution in [3.63, 3.8) is 0 Å². The molecular weight excluding hydrogens is 304 g/mol. The third kappa shape index (κ3) is 2.34. The molecule has 0 radical (unpaired) electrons. The van der Waals surface area contributed by atoms with E-state index in [1.54, 1.807) is 12.3 Å². The summed E-state index contributed by atoms with van der Waals surface area (Å²) < 4.78 is 5.52. The second-order valence-electron chi connectivity index (χ2n) is 5.55. The number of pyridine rings is 1. The number of nitrogens with zero attached hydrogens (tertiary/aromatic N) is 2. The zero-order valence-electron chi connectivity index (χ0n) is 12.9. The predicted molar refractivity (Wildman–Crippen MR) is 92.4 cm³/mol. The molecule has 4 aromatic rings. The number of hydrogen-bond acceptors (Lipinski definition) is 5. The number of H-pyrrole nitrogens is 1. The average Bonchev–Trinajstić information content (AvgIpc) is 3.08. The van der Waals surface area contributed by atoms with E-state index in [0.717, 1.165) is 16.7 Å². The number of furan rings is 1. The normalized spacial score (nSPS) is 11.0. The lowest BCUT2D eigenvalue weighted by Crippen LogP contribution is -2.14. The van der Waals surface area contributed by atoms with Crippen LogP contribution in [0.15, 0.2) is 57.9 Å². The molecule has 118 valence electrons. The van der Waals surface area contributed by atoms with Gasteiger partial charge in [0.05, 0.1) is 17.3 Å². The van der Waals surface area contributed by atoms with Crippen molar-refractivity contribution in [2.45, 2.75) is 6.92 Å². The van der Waals surface area contributed by atoms with Crippen molar-refractivity contribution in [3.8, 4) is 22.6 Å². The molecule has 6 heteroatoms. The first kappa shape index (κ1) is 14.2. The number of hydrogen-bond donors (Lipinski definition) is 2. The summed E-state index contributed by atoms with van der Waals surface area (Å²) in [6.45, 7) is 2.02. The molecule has 6 nitrogen and oxygen atoms in total. The van der Waals surface area contributed by atoms with Gasteiger partial charge in [-0.05, 0) is 25.1 Å². The Labute approximate surface area is 137 Å². The maximum atomic E-state index is 11.7. The van der Waals surface area contributed by atoms with E-state index >= 15 is 0 Å². The van der Waals surface area contributed by atoms with Gasteiger partial charge in [0.25, 0.3) is 0 Å². The Bertz CT molecular complexity index is 1080. The van der Waals surface area contributed by atoms with E-state index < -0.39 is 5.69 Å². The second kappa shape index (κ2) is 5.34. The molecule has 4 rings (SSSR count). The molecule has 0 spiro atoms. The van der Waals surface area contributed by atoms with Crippen molar-refractivity contribution in [3.05, 3.63) is 64.8 Å². The minimum atomic E-state index is -0.529. The molecule has 0 bridgehead atoms. The van der Waals surface area contributed by atoms with Gasteiger partial charge in [-0.25, -0.2) is 9.78 Å². The van der Waals surface area contributed by atoms with Crippen LogP contribution >= 0.6 is 0 Å². The van der Waals surface area contributed by atoms with Gasteiger partial charge in [0.2, 0.25) is 0 Å². The van der Waals surface area contributed by atoms with Gasteiger partial charge in [-0.3, -0.25) is 4.98 Å². The number of aromatic nitrogens is 3. The van der Waals surface area contributed by atoms with Crippen molar-refractivity contribution in [2.24, 2.45) is 0 Å². The molecule has 1 aromatic carbocycles. The highest BCUT2D eigenvalue weighted by Crippen LogP contribution is 2.33. The van der Waals surface area contributed by atoms with Gasteiger partial charge >= 0.3 is 5.69 Å². The fourth-order valence-corrected chi connectivity index (χ4v) is 2.68. The van der Waals surface area contributed by atoms with Crippen LogP contribution in [0.1, 0.15) is 5.56 Å². The fraction of sp³-hybridized carbons (Fsp3) is 0.0556. The average molecular weight is 318 g/mol. The Balaban J connectivity index is 2.07. The third-order valence-electron chi connectivity index (χ3n) is 3.85. The molecule has 24 heavy (non-hydrogen) atoms. The number of anilines is 1. The number of fused-ring (bicyclic) bond motifs is 1. The number of aromatic amines is 1. The van der Waals surface area contributed by atoms with Gasteiger partial charge in [0, 0.05) is 11.1 Å². The first-order valence-corrected chi connectivity index (χ1v) is 7.43. The van der Waals surface area contributed by atoms with Crippen LogP contribution in [0.5, 0.6) is 0 Å². The zero-order chi connectivity index (χ0) is 16.7. The maximum Gasteiger partial charge on any atom is 0.348 e. The highest BCUT2D eigenvalue weighted by molar-refractivity contribution is 5.99. The summed E-state index contributed by atoms with van der Waals surface area (Å²) in [4.78, 5) is 22.7. The smallest absolute Gasteiger partial charge is 0.348 e. The van der Waals surface area contributed by atoms with Crippen LogP contribution in [-0.2, 0) is 0 Å². The molecule has 0 aliphatic carbocycles. The Morgan fingerprint density at radius 1 is 1.12 bits per heavy atom. The highest BCUT2D eigenvalue weighted by atomic mass is 16.3. The number of rotatable bonds is 2. The molecule has 0 atom stereocenters. The van der Waals surface area contributed by atoms with Crippen LogP contribution in [0, 0.1) is 6.92 Å². The summed E-state index contributed by atoms with van der Waals surface area (Å²) in [5.41, 5.74) is 9.28. The molecule has 0 saturated carbocycles. The third-order valence-corrected chi connectivity index (χ3v) is 3.85. The Kier molecular flexibility index (Phi) is 3.16. The number of nitrogens with two attached hydrogens (primary N) is 1. The molecule has 0 saturated heterocycles. The summed E-state index contributed by atoms with van der Waals surface area (Å²) in [5.74, 6) is 0.857. The van der Waals surface area contributed by atoms with Crippen molar-refractivity contribution < 1.29 is 4.42 Å². The SMILES string of the molecule is Cc1ccc(-c2cc(-c3ccco3)c3c(N)[nH]c(=O)nc3n2)cc1. The summed E-state index contributed by atoms with van der Waals surface area (Å²) in [6.07, 6.45) is 1.59. The molecule has 3 aromatic heterocycles. The van der Waals surface area contributed by atoms with Crippen LogP contribution in [0.25, 0.3) is 33.6 Å². The van der Waals surface area contributed by atoms with Crippen LogP contribution < -0.4 is 11.4 Å². The van der Waals surface area contributed by atoms with E-state index in [9.17, 15) is 4.79 Å². The summed E-state index contributed by atoms with van der Waals surface area (Å²) in [6, 6.07) is 13.5. The van der Waals surface area contributed by atoms with Crippen LogP contribution in [0.2, 0.25) is 0 Å². The molecule has 3 heterocycles. The highest BCUT2D eigenvalue weighted by Gasteiger charge is 2.15. The van der Waals surface area contributed by atoms with Crippen LogP contribution in [0.4, 0.5) is 5.82 Å². The molecule has 0 aliphatic rings. The van der Waals surface area contributed by atoms with E-state index in [0.29, 0.717) is 22.5 Å². The molecule has 0 amide bonds. The summed E-state index contributed by atoms with van der Waals surface area (Å²) >= 11 is 0. The molecule has 0 fully saturated rings. The lowest BCUT2D eigenvalue weighted by atomic mass is 10.0. The first-order chi connectivity index (χ1) is 11.6. The fourth-order valence-electron chi connectivity index (χ4n) is 2.68. The minimum absolute atomic E-state index is 0.222. The van der Waals surface area contributed by atoms with Crippen molar-refractivity contribution in [1.82, 2.24) is 15.0 Å². The largest absolute Gasteiger partial charge is 0.464 e. The van der Waals surface area contributed by atoms with E-state index in [2.05, 4.69) is 15.0 Å². The lowest BCUT2D eigenvalue weighted by molar-refractivity contribution is 0.583. The van der Waals surface area contributed by atoms with E-state index in [-0.39, 0.29) is 5.82 Å². The van der Waals surface area contributed by atoms with Gasteiger partial charge in [0.1, 0.15) is 11.6 Å². The quantitative estimate of drug-likeness (QED) is 0.591. The zero-order valence-corrected chi connectivity index (χ0v) is 12.9. The number of benzene rings is 1. The van der Waals surface area contributed by atoms with Crippen molar-refractivity contribution in [2.75, 3.05) is 5.73 Å². The van der Waals surface area contributed by atoms with Gasteiger partial charge in [-0.15, -0.1) is 0 Å². The van der Waals surface area contributed by atoms with Gasteiger partial charge in [0.15, 0.2) is 5.65 Å². The number of nitrogen functional groups attached to an aromatic ring is 1. The first-order valence-electron chi connectivity index (χ1n) is 7.43. The standard InChI is InChI=1S/C18H14N4O2/c1-10-4-6-11(7-5-10)13-9-12(14-3-2-8-24-14)15-16(19)21-18(23)22-17(15)20-13/h2-9H,1H3,(H3,19,20,21,22,23). The van der Waals surface area contributed by atoms with Crippen LogP contribution in [-0.4, -0.2) is 15.0 Å². The Hall–Kier alpha value is -3.41. The van der Waals surface area contributed by atoms with Gasteiger partial charge in [-0.2, -0.15) is 4.98 Å². The molecule has 3 N–H and O–H groups in total. The molecule has 0 aliphatic heterocycles. The Morgan fingerprint density at radius 2 is 1.92 bits per heavy atom. The summed E-state index contributed by atoms with van der Waals surface area (Å²) in [7, 11) is 0. The van der Waals surface area contributed by atoms with Gasteiger partial charge < -0.3 is 10.2 Å². The van der Waals surface area contributed by atoms with Crippen molar-refractivity contribution in [1.29, 1.82) is 0 Å². The summed E-state index contributed by atoms with van der Waals surface area (Å²) in [5, 5.41) is 0.570. The lowest BCUT2D eigenvalue weighted by Gasteiger charge is -2.09. The van der Waals surface area contributed by atoms with Crippen LogP contribution in [0.3, 0.4) is 0 Å². The monoisotopic (exact) mass is 318 g/mol. The molecular formula is C18H14N4O2.